The van der Waals surface area contributed by atoms with E-state index in [2.05, 4.69) is 0 Å². The monoisotopic (exact) mass is 309 g/mol. The predicted molar refractivity (Wildman–Crippen MR) is 72.8 cm³/mol. The molecule has 118 valence electrons. The molecule has 8 heteroatoms. The highest BCUT2D eigenvalue weighted by Crippen LogP contribution is 2.23. The summed E-state index contributed by atoms with van der Waals surface area (Å²) in [5.41, 5.74) is -0.614. The van der Waals surface area contributed by atoms with Gasteiger partial charge < -0.3 is 14.7 Å². The molecular weight excluding hydrogens is 286 g/mol. The minimum Gasteiger partial charge on any atom is -0.444 e. The zero-order chi connectivity index (χ0) is 15.6. The van der Waals surface area contributed by atoms with Gasteiger partial charge in [0.05, 0.1) is 25.0 Å². The minimum absolute atomic E-state index is 0.261. The van der Waals surface area contributed by atoms with Gasteiger partial charge in [0.25, 0.3) is 10.1 Å². The second-order valence-corrected chi connectivity index (χ2v) is 7.56. The van der Waals surface area contributed by atoms with Gasteiger partial charge in [0.15, 0.2) is 0 Å². The number of hydrogen-bond acceptors (Lipinski definition) is 6. The number of ether oxygens (including phenoxy) is 1. The van der Waals surface area contributed by atoms with E-state index in [-0.39, 0.29) is 13.0 Å². The molecule has 1 heterocycles. The third-order valence-corrected chi connectivity index (χ3v) is 3.44. The molecule has 1 saturated heterocycles. The number of carbonyl (C=O) groups is 1. The van der Waals surface area contributed by atoms with Gasteiger partial charge in [0, 0.05) is 6.54 Å². The first-order valence-electron chi connectivity index (χ1n) is 6.50. The number of amides is 1. The molecule has 0 radical (unpaired) electrons. The fraction of sp³-hybridized carbons (Fsp3) is 0.917. The molecule has 0 saturated carbocycles. The highest BCUT2D eigenvalue weighted by atomic mass is 32.2. The van der Waals surface area contributed by atoms with Crippen molar-refractivity contribution in [3.63, 3.8) is 0 Å². The van der Waals surface area contributed by atoms with E-state index in [4.69, 9.17) is 8.92 Å². The molecule has 0 aromatic rings. The van der Waals surface area contributed by atoms with E-state index >= 15 is 0 Å². The number of hydrogen-bond donors (Lipinski definition) is 1. The van der Waals surface area contributed by atoms with Crippen LogP contribution in [0.2, 0.25) is 0 Å². The number of rotatable bonds is 3. The van der Waals surface area contributed by atoms with E-state index in [1.54, 1.807) is 20.8 Å². The number of carbonyl (C=O) groups excluding carboxylic acids is 1. The summed E-state index contributed by atoms with van der Waals surface area (Å²) >= 11 is 0. The first-order chi connectivity index (χ1) is 9.02. The standard InChI is InChI=1S/C12H23NO6S/c1-12(2,3)18-11(15)13-6-5-10(7-9(13)8-14)19-20(4,16)17/h9-10,14H,5-8H2,1-4H3. The molecule has 1 amide bonds. The van der Waals surface area contributed by atoms with E-state index in [0.717, 1.165) is 6.26 Å². The van der Waals surface area contributed by atoms with E-state index in [1.165, 1.54) is 4.90 Å². The van der Waals surface area contributed by atoms with Gasteiger partial charge >= 0.3 is 6.09 Å². The van der Waals surface area contributed by atoms with Crippen LogP contribution in [0.15, 0.2) is 0 Å². The Morgan fingerprint density at radius 1 is 1.40 bits per heavy atom. The van der Waals surface area contributed by atoms with Crippen molar-refractivity contribution in [3.8, 4) is 0 Å². The van der Waals surface area contributed by atoms with Crippen molar-refractivity contribution in [3.05, 3.63) is 0 Å². The summed E-state index contributed by atoms with van der Waals surface area (Å²) in [6.45, 7) is 5.32. The average molecular weight is 309 g/mol. The molecule has 1 aliphatic heterocycles. The van der Waals surface area contributed by atoms with Gasteiger partial charge in [0.1, 0.15) is 5.60 Å². The van der Waals surface area contributed by atoms with Crippen LogP contribution in [-0.4, -0.2) is 61.7 Å². The maximum absolute atomic E-state index is 12.0. The maximum atomic E-state index is 12.0. The molecule has 0 aromatic carbocycles. The molecule has 0 aromatic heterocycles. The van der Waals surface area contributed by atoms with E-state index < -0.39 is 34.0 Å². The SMILES string of the molecule is CC(C)(C)OC(=O)N1CCC(OS(C)(=O)=O)CC1CO. The first kappa shape index (κ1) is 17.2. The van der Waals surface area contributed by atoms with E-state index in [1.807, 2.05) is 0 Å². The molecule has 2 unspecified atom stereocenters. The second-order valence-electron chi connectivity index (χ2n) is 5.96. The van der Waals surface area contributed by atoms with Crippen LogP contribution < -0.4 is 0 Å². The molecule has 1 fully saturated rings. The van der Waals surface area contributed by atoms with Crippen LogP contribution in [-0.2, 0) is 19.0 Å². The molecule has 0 bridgehead atoms. The van der Waals surface area contributed by atoms with Crippen molar-refractivity contribution < 1.29 is 27.2 Å². The largest absolute Gasteiger partial charge is 0.444 e. The first-order valence-corrected chi connectivity index (χ1v) is 8.32. The Bertz CT molecular complexity index is 441. The van der Waals surface area contributed by atoms with Gasteiger partial charge in [-0.15, -0.1) is 0 Å². The van der Waals surface area contributed by atoms with E-state index in [0.29, 0.717) is 13.0 Å². The summed E-state index contributed by atoms with van der Waals surface area (Å²) in [6, 6.07) is -0.495. The van der Waals surface area contributed by atoms with Crippen molar-refractivity contribution >= 4 is 16.2 Å². The Morgan fingerprint density at radius 3 is 2.45 bits per heavy atom. The Morgan fingerprint density at radius 2 is 2.00 bits per heavy atom. The molecule has 0 aliphatic carbocycles. The summed E-state index contributed by atoms with van der Waals surface area (Å²) in [6.07, 6.45) is 0.627. The van der Waals surface area contributed by atoms with Gasteiger partial charge in [-0.3, -0.25) is 4.18 Å². The van der Waals surface area contributed by atoms with Crippen molar-refractivity contribution in [2.45, 2.75) is 51.4 Å². The number of likely N-dealkylation sites (tertiary alicyclic amines) is 1. The van der Waals surface area contributed by atoms with Crippen LogP contribution in [0.25, 0.3) is 0 Å². The lowest BCUT2D eigenvalue weighted by Gasteiger charge is -2.38. The Labute approximate surface area is 120 Å². The van der Waals surface area contributed by atoms with Gasteiger partial charge in [0.2, 0.25) is 0 Å². The number of piperidine rings is 1. The summed E-state index contributed by atoms with van der Waals surface area (Å²) in [7, 11) is -3.54. The van der Waals surface area contributed by atoms with Gasteiger partial charge in [-0.05, 0) is 33.6 Å². The molecule has 20 heavy (non-hydrogen) atoms. The third-order valence-electron chi connectivity index (χ3n) is 2.82. The van der Waals surface area contributed by atoms with E-state index in [9.17, 15) is 18.3 Å². The van der Waals surface area contributed by atoms with Crippen LogP contribution in [0.3, 0.4) is 0 Å². The summed E-state index contributed by atoms with van der Waals surface area (Å²) in [5, 5.41) is 9.37. The van der Waals surface area contributed by atoms with Crippen molar-refractivity contribution in [2.24, 2.45) is 0 Å². The fourth-order valence-corrected chi connectivity index (χ4v) is 2.75. The van der Waals surface area contributed by atoms with Crippen LogP contribution in [0.1, 0.15) is 33.6 Å². The third kappa shape index (κ3) is 5.64. The quantitative estimate of drug-likeness (QED) is 0.772. The summed E-state index contributed by atoms with van der Waals surface area (Å²) < 4.78 is 32.4. The van der Waals surface area contributed by atoms with Crippen LogP contribution in [0.4, 0.5) is 4.79 Å². The van der Waals surface area contributed by atoms with Crippen molar-refractivity contribution in [1.82, 2.24) is 4.90 Å². The molecule has 1 rings (SSSR count). The lowest BCUT2D eigenvalue weighted by molar-refractivity contribution is -0.0133. The molecule has 2 atom stereocenters. The smallest absolute Gasteiger partial charge is 0.410 e. The van der Waals surface area contributed by atoms with Crippen molar-refractivity contribution in [2.75, 3.05) is 19.4 Å². The fourth-order valence-electron chi connectivity index (χ4n) is 2.08. The second kappa shape index (κ2) is 6.28. The van der Waals surface area contributed by atoms with Gasteiger partial charge in [-0.25, -0.2) is 4.79 Å². The average Bonchev–Trinajstić information content (AvgIpc) is 2.24. The molecule has 1 N–H and O–H groups in total. The normalized spacial score (nSPS) is 24.6. The van der Waals surface area contributed by atoms with Crippen molar-refractivity contribution in [1.29, 1.82) is 0 Å². The van der Waals surface area contributed by atoms with Gasteiger partial charge in [-0.1, -0.05) is 0 Å². The number of aliphatic hydroxyl groups is 1. The zero-order valence-corrected chi connectivity index (χ0v) is 13.1. The molecule has 1 aliphatic rings. The van der Waals surface area contributed by atoms with Crippen LogP contribution in [0.5, 0.6) is 0 Å². The Kier molecular flexibility index (Phi) is 5.39. The Balaban J connectivity index is 2.67. The maximum Gasteiger partial charge on any atom is 0.410 e. The molecular formula is C12H23NO6S. The van der Waals surface area contributed by atoms with Crippen LogP contribution >= 0.6 is 0 Å². The molecule has 7 nitrogen and oxygen atoms in total. The Hall–Kier alpha value is -0.860. The summed E-state index contributed by atoms with van der Waals surface area (Å²) in [5.74, 6) is 0. The lowest BCUT2D eigenvalue weighted by Crippen LogP contribution is -2.51. The topological polar surface area (TPSA) is 93.1 Å². The predicted octanol–water partition coefficient (Wildman–Crippen LogP) is 0.723. The lowest BCUT2D eigenvalue weighted by atomic mass is 10.0. The minimum atomic E-state index is -3.54. The highest BCUT2D eigenvalue weighted by Gasteiger charge is 2.35. The zero-order valence-electron chi connectivity index (χ0n) is 12.3. The highest BCUT2D eigenvalue weighted by molar-refractivity contribution is 7.86. The van der Waals surface area contributed by atoms with Crippen LogP contribution in [0, 0.1) is 0 Å². The van der Waals surface area contributed by atoms with Gasteiger partial charge in [-0.2, -0.15) is 8.42 Å². The number of nitrogens with zero attached hydrogens (tertiary/aromatic N) is 1. The number of aliphatic hydroxyl groups excluding tert-OH is 1. The molecule has 0 spiro atoms. The summed E-state index contributed by atoms with van der Waals surface area (Å²) in [4.78, 5) is 13.4.